The first-order chi connectivity index (χ1) is 16.8. The Kier molecular flexibility index (Phi) is 7.73. The summed E-state index contributed by atoms with van der Waals surface area (Å²) in [6.07, 6.45) is 3.24. The van der Waals surface area contributed by atoms with Gasteiger partial charge >= 0.3 is 12.1 Å². The number of aliphatic carboxylic acids is 1. The third-order valence-corrected chi connectivity index (χ3v) is 7.25. The Labute approximate surface area is 206 Å². The minimum absolute atomic E-state index is 0.00920. The molecule has 2 aromatic rings. The highest BCUT2D eigenvalue weighted by atomic mass is 16.5. The number of hydrogen-bond acceptors (Lipinski definition) is 4. The van der Waals surface area contributed by atoms with E-state index >= 15 is 0 Å². The first-order valence-electron chi connectivity index (χ1n) is 12.5. The zero-order chi connectivity index (χ0) is 24.9. The van der Waals surface area contributed by atoms with E-state index in [9.17, 15) is 19.5 Å². The van der Waals surface area contributed by atoms with Gasteiger partial charge in [0.2, 0.25) is 5.91 Å². The van der Waals surface area contributed by atoms with Crippen LogP contribution in [0.4, 0.5) is 4.79 Å². The summed E-state index contributed by atoms with van der Waals surface area (Å²) in [7, 11) is 0. The first-order valence-corrected chi connectivity index (χ1v) is 12.5. The molecule has 2 aliphatic carbocycles. The maximum Gasteiger partial charge on any atom is 0.407 e. The molecule has 0 heterocycles. The summed E-state index contributed by atoms with van der Waals surface area (Å²) >= 11 is 0. The fourth-order valence-corrected chi connectivity index (χ4v) is 5.42. The van der Waals surface area contributed by atoms with Gasteiger partial charge in [-0.15, -0.1) is 0 Å². The number of benzene rings is 2. The van der Waals surface area contributed by atoms with Crippen LogP contribution in [0.5, 0.6) is 0 Å². The van der Waals surface area contributed by atoms with Crippen LogP contribution in [-0.2, 0) is 14.3 Å². The summed E-state index contributed by atoms with van der Waals surface area (Å²) in [6, 6.07) is 15.3. The Morgan fingerprint density at radius 2 is 1.57 bits per heavy atom. The zero-order valence-corrected chi connectivity index (χ0v) is 20.3. The highest BCUT2D eigenvalue weighted by molar-refractivity contribution is 5.84. The van der Waals surface area contributed by atoms with Crippen molar-refractivity contribution in [2.24, 2.45) is 11.8 Å². The van der Waals surface area contributed by atoms with E-state index in [0.29, 0.717) is 0 Å². The molecule has 0 spiro atoms. The van der Waals surface area contributed by atoms with Gasteiger partial charge in [0.05, 0.1) is 0 Å². The van der Waals surface area contributed by atoms with Gasteiger partial charge in [0.25, 0.3) is 0 Å². The first kappa shape index (κ1) is 24.8. The number of nitrogens with one attached hydrogen (secondary N) is 2. The lowest BCUT2D eigenvalue weighted by atomic mass is 9.82. The molecule has 7 nitrogen and oxygen atoms in total. The van der Waals surface area contributed by atoms with E-state index in [1.807, 2.05) is 24.3 Å². The Balaban J connectivity index is 1.35. The molecule has 0 radical (unpaired) electrons. The van der Waals surface area contributed by atoms with Crippen molar-refractivity contribution >= 4 is 18.0 Å². The van der Waals surface area contributed by atoms with Crippen LogP contribution < -0.4 is 10.6 Å². The van der Waals surface area contributed by atoms with E-state index in [2.05, 4.69) is 34.9 Å². The molecule has 0 bridgehead atoms. The van der Waals surface area contributed by atoms with Crippen molar-refractivity contribution in [3.05, 3.63) is 59.7 Å². The maximum atomic E-state index is 12.8. The second-order valence-electron chi connectivity index (χ2n) is 9.95. The van der Waals surface area contributed by atoms with Gasteiger partial charge in [-0.1, -0.05) is 75.2 Å². The molecular formula is C28H34N2O5. The molecule has 35 heavy (non-hydrogen) atoms. The maximum absolute atomic E-state index is 12.8. The molecule has 2 aliphatic rings. The molecule has 3 atom stereocenters. The van der Waals surface area contributed by atoms with Gasteiger partial charge in [-0.05, 0) is 46.9 Å². The van der Waals surface area contributed by atoms with Crippen LogP contribution in [0.15, 0.2) is 48.5 Å². The molecule has 0 aromatic heterocycles. The van der Waals surface area contributed by atoms with E-state index < -0.39 is 18.1 Å². The molecule has 2 aromatic carbocycles. The van der Waals surface area contributed by atoms with E-state index in [0.717, 1.165) is 36.8 Å². The van der Waals surface area contributed by atoms with E-state index in [1.54, 1.807) is 13.8 Å². The van der Waals surface area contributed by atoms with Crippen molar-refractivity contribution in [3.63, 3.8) is 0 Å². The van der Waals surface area contributed by atoms with Crippen LogP contribution >= 0.6 is 0 Å². The molecule has 0 unspecified atom stereocenters. The molecule has 4 rings (SSSR count). The number of carbonyl (C=O) groups excluding carboxylic acids is 2. The lowest BCUT2D eigenvalue weighted by Gasteiger charge is -2.32. The van der Waals surface area contributed by atoms with Crippen LogP contribution in [0.3, 0.4) is 0 Å². The van der Waals surface area contributed by atoms with Crippen LogP contribution in [0.1, 0.15) is 63.0 Å². The predicted molar refractivity (Wildman–Crippen MR) is 133 cm³/mol. The molecule has 186 valence electrons. The standard InChI is InChI=1S/C28H34N2O5/c1-17(2)26(27(32)33)30-25(31)15-18-9-3-8-14-24(18)29-28(34)35-16-23-21-12-6-4-10-19(21)20-11-5-7-13-22(20)23/h4-7,10-13,17-18,23-24,26H,3,8-9,14-16H2,1-2H3,(H,29,34)(H,30,31)(H,32,33)/t18-,24-,26+/m1/s1. The number of hydrogen-bond donors (Lipinski definition) is 3. The molecule has 0 aliphatic heterocycles. The van der Waals surface area contributed by atoms with Gasteiger partial charge in [-0.3, -0.25) is 4.79 Å². The summed E-state index contributed by atoms with van der Waals surface area (Å²) in [5, 5.41) is 15.0. The Hall–Kier alpha value is -3.35. The fourth-order valence-electron chi connectivity index (χ4n) is 5.42. The van der Waals surface area contributed by atoms with Crippen molar-refractivity contribution in [3.8, 4) is 11.1 Å². The van der Waals surface area contributed by atoms with E-state index in [4.69, 9.17) is 4.74 Å². The second kappa shape index (κ2) is 10.9. The van der Waals surface area contributed by atoms with Crippen molar-refractivity contribution < 1.29 is 24.2 Å². The fraction of sp³-hybridized carbons (Fsp3) is 0.464. The van der Waals surface area contributed by atoms with Crippen LogP contribution in [-0.4, -0.2) is 41.8 Å². The van der Waals surface area contributed by atoms with Gasteiger partial charge in [0.1, 0.15) is 12.6 Å². The SMILES string of the molecule is CC(C)[C@H](NC(=O)C[C@H]1CCCC[C@H]1NC(=O)OCC1c2ccccc2-c2ccccc21)C(=O)O. The summed E-state index contributed by atoms with van der Waals surface area (Å²) < 4.78 is 5.69. The van der Waals surface area contributed by atoms with Crippen LogP contribution in [0.25, 0.3) is 11.1 Å². The number of rotatable bonds is 8. The lowest BCUT2D eigenvalue weighted by molar-refractivity contribution is -0.143. The van der Waals surface area contributed by atoms with Crippen LogP contribution in [0.2, 0.25) is 0 Å². The Morgan fingerprint density at radius 1 is 0.971 bits per heavy atom. The topological polar surface area (TPSA) is 105 Å². The average Bonchev–Trinajstić information content (AvgIpc) is 3.16. The molecule has 1 fully saturated rings. The summed E-state index contributed by atoms with van der Waals surface area (Å²) in [5.74, 6) is -1.60. The summed E-state index contributed by atoms with van der Waals surface area (Å²) in [5.41, 5.74) is 4.67. The third kappa shape index (κ3) is 5.66. The van der Waals surface area contributed by atoms with Gasteiger partial charge < -0.3 is 20.5 Å². The number of fused-ring (bicyclic) bond motifs is 3. The van der Waals surface area contributed by atoms with Crippen molar-refractivity contribution in [2.75, 3.05) is 6.61 Å². The van der Waals surface area contributed by atoms with Gasteiger partial charge in [-0.2, -0.15) is 0 Å². The van der Waals surface area contributed by atoms with E-state index in [-0.39, 0.29) is 42.7 Å². The predicted octanol–water partition coefficient (Wildman–Crippen LogP) is 4.70. The largest absolute Gasteiger partial charge is 0.480 e. The summed E-state index contributed by atoms with van der Waals surface area (Å²) in [4.78, 5) is 36.8. The summed E-state index contributed by atoms with van der Waals surface area (Å²) in [6.45, 7) is 3.77. The molecule has 7 heteroatoms. The molecule has 1 saturated carbocycles. The molecule has 2 amide bonds. The van der Waals surface area contributed by atoms with Crippen LogP contribution in [0, 0.1) is 11.8 Å². The number of alkyl carbamates (subject to hydrolysis) is 1. The number of ether oxygens (including phenoxy) is 1. The zero-order valence-electron chi connectivity index (χ0n) is 20.3. The lowest BCUT2D eigenvalue weighted by Crippen LogP contribution is -2.47. The molecular weight excluding hydrogens is 444 g/mol. The molecule has 3 N–H and O–H groups in total. The monoisotopic (exact) mass is 478 g/mol. The van der Waals surface area contributed by atoms with E-state index in [1.165, 1.54) is 11.1 Å². The number of amides is 2. The van der Waals surface area contributed by atoms with Crippen molar-refractivity contribution in [1.82, 2.24) is 10.6 Å². The number of carboxylic acid groups (broad SMARTS) is 1. The normalized spacial score (nSPS) is 20.0. The van der Waals surface area contributed by atoms with Gasteiger partial charge in [0.15, 0.2) is 0 Å². The highest BCUT2D eigenvalue weighted by Gasteiger charge is 2.32. The third-order valence-electron chi connectivity index (χ3n) is 7.25. The van der Waals surface area contributed by atoms with Crippen molar-refractivity contribution in [2.45, 2.75) is 64.0 Å². The highest BCUT2D eigenvalue weighted by Crippen LogP contribution is 2.44. The van der Waals surface area contributed by atoms with Gasteiger partial charge in [0, 0.05) is 18.4 Å². The minimum Gasteiger partial charge on any atom is -0.480 e. The Bertz CT molecular complexity index is 1040. The average molecular weight is 479 g/mol. The minimum atomic E-state index is -1.04. The van der Waals surface area contributed by atoms with Gasteiger partial charge in [-0.25, -0.2) is 9.59 Å². The number of carboxylic acids is 1. The molecule has 0 saturated heterocycles. The Morgan fingerprint density at radius 3 is 2.17 bits per heavy atom. The number of carbonyl (C=O) groups is 3. The second-order valence-corrected chi connectivity index (χ2v) is 9.95. The smallest absolute Gasteiger partial charge is 0.407 e. The quantitative estimate of drug-likeness (QED) is 0.510. The van der Waals surface area contributed by atoms with Crippen molar-refractivity contribution in [1.29, 1.82) is 0 Å².